The average molecular weight is 270 g/mol. The van der Waals surface area contributed by atoms with Gasteiger partial charge in [0.05, 0.1) is 0 Å². The number of aromatic nitrogens is 3. The highest BCUT2D eigenvalue weighted by Crippen LogP contribution is 2.20. The molecule has 0 aliphatic carbocycles. The van der Waals surface area contributed by atoms with Crippen LogP contribution in [0.1, 0.15) is 5.56 Å². The van der Waals surface area contributed by atoms with Gasteiger partial charge in [-0.2, -0.15) is 0 Å². The molecule has 1 aliphatic heterocycles. The quantitative estimate of drug-likeness (QED) is 0.880. The molecule has 1 aliphatic rings. The fourth-order valence-electron chi connectivity index (χ4n) is 2.29. The van der Waals surface area contributed by atoms with Crippen LogP contribution >= 0.6 is 0 Å². The van der Waals surface area contributed by atoms with Crippen molar-refractivity contribution in [3.63, 3.8) is 0 Å². The molecule has 1 fully saturated rings. The van der Waals surface area contributed by atoms with E-state index in [1.807, 2.05) is 25.3 Å². The summed E-state index contributed by atoms with van der Waals surface area (Å²) in [5, 5.41) is 0. The van der Waals surface area contributed by atoms with Crippen molar-refractivity contribution in [2.45, 2.75) is 6.92 Å². The van der Waals surface area contributed by atoms with E-state index in [0.29, 0.717) is 0 Å². The topological polar surface area (TPSA) is 71.2 Å². The lowest BCUT2D eigenvalue weighted by Gasteiger charge is -2.35. The average Bonchev–Trinajstić information content (AvgIpc) is 2.51. The molecule has 2 aromatic rings. The zero-order chi connectivity index (χ0) is 13.9. The Morgan fingerprint density at radius 2 is 1.65 bits per heavy atom. The van der Waals surface area contributed by atoms with E-state index in [1.165, 1.54) is 0 Å². The molecule has 0 spiro atoms. The minimum Gasteiger partial charge on any atom is -0.398 e. The summed E-state index contributed by atoms with van der Waals surface area (Å²) in [4.78, 5) is 17.5. The van der Waals surface area contributed by atoms with Gasteiger partial charge in [0.15, 0.2) is 0 Å². The molecule has 0 atom stereocenters. The molecule has 0 amide bonds. The fraction of sp³-hybridized carbons (Fsp3) is 0.357. The van der Waals surface area contributed by atoms with E-state index in [2.05, 4.69) is 24.8 Å². The summed E-state index contributed by atoms with van der Waals surface area (Å²) in [6.07, 6.45) is 5.38. The molecule has 104 valence electrons. The van der Waals surface area contributed by atoms with Gasteiger partial charge in [-0.1, -0.05) is 0 Å². The van der Waals surface area contributed by atoms with Gasteiger partial charge in [-0.05, 0) is 18.6 Å². The summed E-state index contributed by atoms with van der Waals surface area (Å²) in [7, 11) is 0. The Kier molecular flexibility index (Phi) is 3.37. The van der Waals surface area contributed by atoms with E-state index >= 15 is 0 Å². The SMILES string of the molecule is Cc1cnc(N2CCN(c3ncccn3)CC2)cc1N. The predicted molar refractivity (Wildman–Crippen MR) is 79.8 cm³/mol. The third-order valence-corrected chi connectivity index (χ3v) is 3.57. The van der Waals surface area contributed by atoms with E-state index in [9.17, 15) is 0 Å². The van der Waals surface area contributed by atoms with Crippen molar-refractivity contribution in [3.05, 3.63) is 36.3 Å². The minimum absolute atomic E-state index is 0.795. The van der Waals surface area contributed by atoms with Gasteiger partial charge < -0.3 is 15.5 Å². The first kappa shape index (κ1) is 12.7. The van der Waals surface area contributed by atoms with Crippen LogP contribution < -0.4 is 15.5 Å². The monoisotopic (exact) mass is 270 g/mol. The first-order chi connectivity index (χ1) is 9.74. The van der Waals surface area contributed by atoms with E-state index in [4.69, 9.17) is 5.73 Å². The summed E-state index contributed by atoms with van der Waals surface area (Å²) in [5.74, 6) is 1.74. The molecule has 20 heavy (non-hydrogen) atoms. The first-order valence-corrected chi connectivity index (χ1v) is 6.73. The van der Waals surface area contributed by atoms with Crippen molar-refractivity contribution < 1.29 is 0 Å². The van der Waals surface area contributed by atoms with Gasteiger partial charge in [0, 0.05) is 56.5 Å². The zero-order valence-corrected chi connectivity index (χ0v) is 11.5. The molecule has 0 saturated carbocycles. The number of rotatable bonds is 2. The van der Waals surface area contributed by atoms with Crippen molar-refractivity contribution in [2.75, 3.05) is 41.7 Å². The number of hydrogen-bond acceptors (Lipinski definition) is 6. The molecule has 2 N–H and O–H groups in total. The molecule has 6 nitrogen and oxygen atoms in total. The number of hydrogen-bond donors (Lipinski definition) is 1. The minimum atomic E-state index is 0.795. The van der Waals surface area contributed by atoms with Crippen LogP contribution in [-0.2, 0) is 0 Å². The second-order valence-electron chi connectivity index (χ2n) is 4.92. The molecule has 3 heterocycles. The van der Waals surface area contributed by atoms with Gasteiger partial charge in [-0.25, -0.2) is 15.0 Å². The Balaban J connectivity index is 1.68. The van der Waals surface area contributed by atoms with Crippen LogP contribution in [-0.4, -0.2) is 41.1 Å². The van der Waals surface area contributed by atoms with Crippen LogP contribution in [0.15, 0.2) is 30.7 Å². The third kappa shape index (κ3) is 2.49. The van der Waals surface area contributed by atoms with Gasteiger partial charge in [0.25, 0.3) is 0 Å². The highest BCUT2D eigenvalue weighted by atomic mass is 15.3. The Bertz CT molecular complexity index is 577. The van der Waals surface area contributed by atoms with Gasteiger partial charge >= 0.3 is 0 Å². The van der Waals surface area contributed by atoms with Gasteiger partial charge in [-0.15, -0.1) is 0 Å². The summed E-state index contributed by atoms with van der Waals surface area (Å²) in [5.41, 5.74) is 7.76. The van der Waals surface area contributed by atoms with Crippen LogP contribution in [0.25, 0.3) is 0 Å². The largest absolute Gasteiger partial charge is 0.398 e. The van der Waals surface area contributed by atoms with Crippen LogP contribution in [0, 0.1) is 6.92 Å². The predicted octanol–water partition coefficient (Wildman–Crippen LogP) is 1.09. The number of nitrogens with two attached hydrogens (primary N) is 1. The number of aryl methyl sites for hydroxylation is 1. The number of anilines is 3. The van der Waals surface area contributed by atoms with E-state index in [-0.39, 0.29) is 0 Å². The maximum Gasteiger partial charge on any atom is 0.225 e. The molecule has 6 heteroatoms. The molecule has 0 bridgehead atoms. The normalized spacial score (nSPS) is 15.4. The molecule has 2 aromatic heterocycles. The van der Waals surface area contributed by atoms with Crippen LogP contribution in [0.2, 0.25) is 0 Å². The first-order valence-electron chi connectivity index (χ1n) is 6.73. The zero-order valence-electron chi connectivity index (χ0n) is 11.5. The van der Waals surface area contributed by atoms with Crippen molar-refractivity contribution >= 4 is 17.5 Å². The maximum absolute atomic E-state index is 5.95. The van der Waals surface area contributed by atoms with Crippen LogP contribution in [0.5, 0.6) is 0 Å². The van der Waals surface area contributed by atoms with Gasteiger partial charge in [0.2, 0.25) is 5.95 Å². The summed E-state index contributed by atoms with van der Waals surface area (Å²) < 4.78 is 0. The summed E-state index contributed by atoms with van der Waals surface area (Å²) in [6.45, 7) is 5.54. The Morgan fingerprint density at radius 1 is 1.00 bits per heavy atom. The standard InChI is InChI=1S/C14H18N6/c1-11-10-18-13(9-12(11)15)19-5-7-20(8-6-19)14-16-3-2-4-17-14/h2-4,9-10H,5-8H2,1H3,(H2,15,18). The molecule has 1 saturated heterocycles. The van der Waals surface area contributed by atoms with Crippen LogP contribution in [0.3, 0.4) is 0 Å². The smallest absolute Gasteiger partial charge is 0.225 e. The van der Waals surface area contributed by atoms with Crippen molar-refractivity contribution in [2.24, 2.45) is 0 Å². The third-order valence-electron chi connectivity index (χ3n) is 3.57. The van der Waals surface area contributed by atoms with E-state index in [1.54, 1.807) is 12.4 Å². The highest BCUT2D eigenvalue weighted by Gasteiger charge is 2.19. The molecular weight excluding hydrogens is 252 g/mol. The summed E-state index contributed by atoms with van der Waals surface area (Å²) in [6, 6.07) is 3.78. The maximum atomic E-state index is 5.95. The second kappa shape index (κ2) is 5.32. The fourth-order valence-corrected chi connectivity index (χ4v) is 2.29. The lowest BCUT2D eigenvalue weighted by Crippen LogP contribution is -2.47. The molecule has 0 unspecified atom stereocenters. The Morgan fingerprint density at radius 3 is 2.30 bits per heavy atom. The van der Waals surface area contributed by atoms with Crippen molar-refractivity contribution in [3.8, 4) is 0 Å². The number of nitrogens with zero attached hydrogens (tertiary/aromatic N) is 5. The summed E-state index contributed by atoms with van der Waals surface area (Å²) >= 11 is 0. The number of nitrogen functional groups attached to an aromatic ring is 1. The van der Waals surface area contributed by atoms with E-state index < -0.39 is 0 Å². The van der Waals surface area contributed by atoms with Crippen molar-refractivity contribution in [1.82, 2.24) is 15.0 Å². The van der Waals surface area contributed by atoms with Gasteiger partial charge in [0.1, 0.15) is 5.82 Å². The van der Waals surface area contributed by atoms with E-state index in [0.717, 1.165) is 49.2 Å². The van der Waals surface area contributed by atoms with Crippen LogP contribution in [0.4, 0.5) is 17.5 Å². The van der Waals surface area contributed by atoms with Crippen molar-refractivity contribution in [1.29, 1.82) is 0 Å². The second-order valence-corrected chi connectivity index (χ2v) is 4.92. The highest BCUT2D eigenvalue weighted by molar-refractivity contribution is 5.55. The number of piperazine rings is 1. The lowest BCUT2D eigenvalue weighted by atomic mass is 10.2. The Labute approximate surface area is 118 Å². The molecule has 3 rings (SSSR count). The van der Waals surface area contributed by atoms with Gasteiger partial charge in [-0.3, -0.25) is 0 Å². The molecule has 0 aromatic carbocycles. The molecular formula is C14H18N6. The number of pyridine rings is 1. The molecule has 0 radical (unpaired) electrons. The lowest BCUT2D eigenvalue weighted by molar-refractivity contribution is 0.634. The Hall–Kier alpha value is -2.37.